The van der Waals surface area contributed by atoms with Crippen molar-refractivity contribution in [1.29, 1.82) is 0 Å². The number of aryl methyl sites for hydroxylation is 2. The van der Waals surface area contributed by atoms with Crippen LogP contribution in [0.4, 0.5) is 0 Å². The average Bonchev–Trinajstić information content (AvgIpc) is 3.21. The van der Waals surface area contributed by atoms with Gasteiger partial charge in [0, 0.05) is 42.0 Å². The molecule has 1 unspecified atom stereocenters. The molecule has 0 amide bonds. The predicted octanol–water partition coefficient (Wildman–Crippen LogP) is 3.80. The molecule has 2 aromatic heterocycles. The van der Waals surface area contributed by atoms with E-state index in [2.05, 4.69) is 50.4 Å². The molecule has 2 heterocycles. The molecule has 0 fully saturated rings. The Morgan fingerprint density at radius 3 is 2.83 bits per heavy atom. The van der Waals surface area contributed by atoms with Gasteiger partial charge in [0.25, 0.3) is 0 Å². The lowest BCUT2D eigenvalue weighted by Gasteiger charge is -2.15. The van der Waals surface area contributed by atoms with Crippen LogP contribution in [-0.4, -0.2) is 31.1 Å². The molecule has 1 atom stereocenters. The number of guanidine groups is 1. The van der Waals surface area contributed by atoms with Crippen molar-refractivity contribution in [3.63, 3.8) is 0 Å². The van der Waals surface area contributed by atoms with Crippen LogP contribution in [0.15, 0.2) is 27.9 Å². The highest BCUT2D eigenvalue weighted by molar-refractivity contribution is 7.10. The lowest BCUT2D eigenvalue weighted by Crippen LogP contribution is -2.39. The molecule has 0 bridgehead atoms. The molecule has 2 N–H and O–H groups in total. The number of hydrogen-bond acceptors (Lipinski definition) is 4. The molecule has 126 valence electrons. The Morgan fingerprint density at radius 1 is 1.30 bits per heavy atom. The fraction of sp³-hybridized carbons (Fsp3) is 0.529. The lowest BCUT2D eigenvalue weighted by atomic mass is 10.1. The van der Waals surface area contributed by atoms with Gasteiger partial charge in [-0.05, 0) is 37.6 Å². The molecule has 2 aromatic rings. The first kappa shape index (κ1) is 17.9. The van der Waals surface area contributed by atoms with Crippen LogP contribution in [0.25, 0.3) is 0 Å². The minimum Gasteiger partial charge on any atom is -0.356 e. The topological polar surface area (TPSA) is 49.3 Å². The minimum absolute atomic E-state index is 0.502. The molecule has 4 nitrogen and oxygen atoms in total. The predicted molar refractivity (Wildman–Crippen MR) is 102 cm³/mol. The molecule has 0 spiro atoms. The normalized spacial score (nSPS) is 13.1. The molecule has 2 rings (SSSR count). The summed E-state index contributed by atoms with van der Waals surface area (Å²) in [5, 5.41) is 12.3. The van der Waals surface area contributed by atoms with Gasteiger partial charge in [-0.3, -0.25) is 4.99 Å². The second-order valence-corrected chi connectivity index (χ2v) is 7.56. The molecule has 6 heteroatoms. The maximum Gasteiger partial charge on any atom is 0.190 e. The Hall–Kier alpha value is -1.40. The summed E-state index contributed by atoms with van der Waals surface area (Å²) in [5.41, 5.74) is 1.13. The first-order valence-electron chi connectivity index (χ1n) is 8.08. The summed E-state index contributed by atoms with van der Waals surface area (Å²) in [5.74, 6) is 1.39. The first-order chi connectivity index (χ1) is 11.2. The van der Waals surface area contributed by atoms with E-state index in [1.54, 1.807) is 11.3 Å². The first-order valence-corrected chi connectivity index (χ1v) is 9.84. The monoisotopic (exact) mass is 350 g/mol. The van der Waals surface area contributed by atoms with Gasteiger partial charge < -0.3 is 10.6 Å². The SMILES string of the molecule is CN=C(NCCCCc1nc(C)cs1)NCC(C)c1cccs1. The van der Waals surface area contributed by atoms with E-state index in [0.29, 0.717) is 5.92 Å². The number of nitrogens with one attached hydrogen (secondary N) is 2. The van der Waals surface area contributed by atoms with E-state index < -0.39 is 0 Å². The van der Waals surface area contributed by atoms with Crippen LogP contribution in [0.2, 0.25) is 0 Å². The summed E-state index contributed by atoms with van der Waals surface area (Å²) < 4.78 is 0. The van der Waals surface area contributed by atoms with Crippen LogP contribution >= 0.6 is 22.7 Å². The van der Waals surface area contributed by atoms with Gasteiger partial charge in [-0.15, -0.1) is 22.7 Å². The maximum absolute atomic E-state index is 4.50. The van der Waals surface area contributed by atoms with E-state index in [0.717, 1.165) is 44.0 Å². The molecule has 0 saturated carbocycles. The second kappa shape index (κ2) is 9.67. The van der Waals surface area contributed by atoms with E-state index in [-0.39, 0.29) is 0 Å². The Labute approximate surface area is 147 Å². The van der Waals surface area contributed by atoms with E-state index in [4.69, 9.17) is 0 Å². The molecular formula is C17H26N4S2. The zero-order valence-corrected chi connectivity index (χ0v) is 15.8. The number of aliphatic imine (C=N–C) groups is 1. The van der Waals surface area contributed by atoms with Crippen LogP contribution in [0.3, 0.4) is 0 Å². The van der Waals surface area contributed by atoms with Crippen molar-refractivity contribution in [3.05, 3.63) is 38.5 Å². The molecule has 0 aliphatic rings. The van der Waals surface area contributed by atoms with Gasteiger partial charge >= 0.3 is 0 Å². The summed E-state index contributed by atoms with van der Waals surface area (Å²) in [7, 11) is 1.82. The van der Waals surface area contributed by atoms with Crippen LogP contribution in [0, 0.1) is 6.92 Å². The minimum atomic E-state index is 0.502. The van der Waals surface area contributed by atoms with Crippen LogP contribution in [0.1, 0.15) is 41.3 Å². The van der Waals surface area contributed by atoms with Gasteiger partial charge in [-0.2, -0.15) is 0 Å². The Morgan fingerprint density at radius 2 is 2.17 bits per heavy atom. The maximum atomic E-state index is 4.50. The van der Waals surface area contributed by atoms with Gasteiger partial charge in [0.15, 0.2) is 5.96 Å². The molecular weight excluding hydrogens is 324 g/mol. The van der Waals surface area contributed by atoms with Crippen molar-refractivity contribution in [2.45, 2.75) is 39.0 Å². The zero-order chi connectivity index (χ0) is 16.5. The van der Waals surface area contributed by atoms with Gasteiger partial charge in [0.05, 0.1) is 5.01 Å². The third-order valence-electron chi connectivity index (χ3n) is 3.60. The van der Waals surface area contributed by atoms with Gasteiger partial charge in [0.2, 0.25) is 0 Å². The second-order valence-electron chi connectivity index (χ2n) is 5.64. The molecule has 0 aliphatic heterocycles. The Kier molecular flexibility index (Phi) is 7.55. The quantitative estimate of drug-likeness (QED) is 0.432. The van der Waals surface area contributed by atoms with Crippen molar-refractivity contribution >= 4 is 28.6 Å². The highest BCUT2D eigenvalue weighted by Crippen LogP contribution is 2.19. The molecule has 0 saturated heterocycles. The smallest absolute Gasteiger partial charge is 0.190 e. The number of aromatic nitrogens is 1. The number of rotatable bonds is 8. The van der Waals surface area contributed by atoms with E-state index in [1.807, 2.05) is 25.3 Å². The largest absolute Gasteiger partial charge is 0.356 e. The lowest BCUT2D eigenvalue weighted by molar-refractivity contribution is 0.674. The van der Waals surface area contributed by atoms with E-state index in [1.165, 1.54) is 9.88 Å². The average molecular weight is 351 g/mol. The fourth-order valence-corrected chi connectivity index (χ4v) is 3.87. The Bertz CT molecular complexity index is 590. The van der Waals surface area contributed by atoms with Crippen molar-refractivity contribution in [2.24, 2.45) is 4.99 Å². The number of hydrogen-bond donors (Lipinski definition) is 2. The van der Waals surface area contributed by atoms with Gasteiger partial charge in [0.1, 0.15) is 0 Å². The highest BCUT2D eigenvalue weighted by atomic mass is 32.1. The highest BCUT2D eigenvalue weighted by Gasteiger charge is 2.07. The summed E-state index contributed by atoms with van der Waals surface area (Å²) in [6.07, 6.45) is 3.35. The van der Waals surface area contributed by atoms with E-state index in [9.17, 15) is 0 Å². The number of unbranched alkanes of at least 4 members (excludes halogenated alkanes) is 1. The van der Waals surface area contributed by atoms with E-state index >= 15 is 0 Å². The third kappa shape index (κ3) is 6.31. The van der Waals surface area contributed by atoms with Crippen LogP contribution in [-0.2, 0) is 6.42 Å². The standard InChI is InChI=1S/C17H26N4S2/c1-13(15-7-6-10-22-15)11-20-17(18-3)19-9-5-4-8-16-21-14(2)12-23-16/h6-7,10,12-13H,4-5,8-9,11H2,1-3H3,(H2,18,19,20). The summed E-state index contributed by atoms with van der Waals surface area (Å²) in [6.45, 7) is 6.13. The van der Waals surface area contributed by atoms with Gasteiger partial charge in [-0.25, -0.2) is 4.98 Å². The molecule has 0 aromatic carbocycles. The summed E-state index contributed by atoms with van der Waals surface area (Å²) >= 11 is 3.57. The number of thiazole rings is 1. The van der Waals surface area contributed by atoms with Crippen LogP contribution in [0.5, 0.6) is 0 Å². The van der Waals surface area contributed by atoms with Crippen molar-refractivity contribution < 1.29 is 0 Å². The zero-order valence-electron chi connectivity index (χ0n) is 14.1. The van der Waals surface area contributed by atoms with Crippen molar-refractivity contribution in [3.8, 4) is 0 Å². The number of nitrogens with zero attached hydrogens (tertiary/aromatic N) is 2. The van der Waals surface area contributed by atoms with Crippen molar-refractivity contribution in [2.75, 3.05) is 20.1 Å². The molecule has 0 radical (unpaired) electrons. The van der Waals surface area contributed by atoms with Gasteiger partial charge in [-0.1, -0.05) is 13.0 Å². The van der Waals surface area contributed by atoms with Crippen LogP contribution < -0.4 is 10.6 Å². The van der Waals surface area contributed by atoms with Crippen molar-refractivity contribution in [1.82, 2.24) is 15.6 Å². The third-order valence-corrected chi connectivity index (χ3v) is 5.73. The summed E-state index contributed by atoms with van der Waals surface area (Å²) in [6, 6.07) is 4.29. The molecule has 23 heavy (non-hydrogen) atoms. The summed E-state index contributed by atoms with van der Waals surface area (Å²) in [4.78, 5) is 10.2. The molecule has 0 aliphatic carbocycles. The number of thiophene rings is 1. The fourth-order valence-electron chi connectivity index (χ4n) is 2.27. The Balaban J connectivity index is 1.59.